The lowest BCUT2D eigenvalue weighted by molar-refractivity contribution is -0.133. The summed E-state index contributed by atoms with van der Waals surface area (Å²) in [4.78, 5) is 13.7. The molecule has 2 nitrogen and oxygen atoms in total. The SMILES string of the molecule is C=CCC1N(C(=O)C=C)CCCC1(C)C. The summed E-state index contributed by atoms with van der Waals surface area (Å²) in [5.41, 5.74) is 0.186. The number of carbonyl (C=O) groups is 1. The van der Waals surface area contributed by atoms with E-state index in [4.69, 9.17) is 0 Å². The molecule has 0 aliphatic carbocycles. The average Bonchev–Trinajstić information content (AvgIpc) is 2.20. The van der Waals surface area contributed by atoms with Crippen LogP contribution in [0, 0.1) is 5.41 Å². The number of rotatable bonds is 3. The van der Waals surface area contributed by atoms with E-state index in [1.54, 1.807) is 0 Å². The van der Waals surface area contributed by atoms with E-state index in [0.29, 0.717) is 0 Å². The highest BCUT2D eigenvalue weighted by Gasteiger charge is 2.37. The van der Waals surface area contributed by atoms with Gasteiger partial charge in [-0.1, -0.05) is 26.5 Å². The zero-order chi connectivity index (χ0) is 11.5. The van der Waals surface area contributed by atoms with Crippen LogP contribution in [-0.2, 0) is 4.79 Å². The summed E-state index contributed by atoms with van der Waals surface area (Å²) in [6, 6.07) is 0.272. The van der Waals surface area contributed by atoms with Gasteiger partial charge in [0, 0.05) is 12.6 Å². The van der Waals surface area contributed by atoms with E-state index in [-0.39, 0.29) is 17.4 Å². The van der Waals surface area contributed by atoms with Crippen molar-refractivity contribution in [1.29, 1.82) is 0 Å². The summed E-state index contributed by atoms with van der Waals surface area (Å²) in [6.07, 6.45) is 6.44. The van der Waals surface area contributed by atoms with Gasteiger partial charge in [-0.3, -0.25) is 4.79 Å². The predicted molar refractivity (Wildman–Crippen MR) is 63.5 cm³/mol. The summed E-state index contributed by atoms with van der Waals surface area (Å²) in [6.45, 7) is 12.6. The quantitative estimate of drug-likeness (QED) is 0.515. The number of nitrogens with zero attached hydrogens (tertiary/aromatic N) is 1. The van der Waals surface area contributed by atoms with Gasteiger partial charge < -0.3 is 4.90 Å². The number of hydrogen-bond acceptors (Lipinski definition) is 1. The van der Waals surface area contributed by atoms with Gasteiger partial charge in [0.15, 0.2) is 0 Å². The molecular weight excluding hydrogens is 186 g/mol. The molecule has 0 aromatic heterocycles. The fourth-order valence-electron chi connectivity index (χ4n) is 2.43. The number of likely N-dealkylation sites (tertiary alicyclic amines) is 1. The van der Waals surface area contributed by atoms with Gasteiger partial charge in [0.25, 0.3) is 0 Å². The predicted octanol–water partition coefficient (Wildman–Crippen LogP) is 2.77. The molecule has 1 rings (SSSR count). The van der Waals surface area contributed by atoms with Crippen molar-refractivity contribution in [3.05, 3.63) is 25.3 Å². The van der Waals surface area contributed by atoms with Gasteiger partial charge in [0.2, 0.25) is 5.91 Å². The van der Waals surface area contributed by atoms with E-state index in [1.165, 1.54) is 12.5 Å². The van der Waals surface area contributed by atoms with Crippen molar-refractivity contribution in [2.45, 2.75) is 39.2 Å². The van der Waals surface area contributed by atoms with E-state index in [0.717, 1.165) is 19.4 Å². The highest BCUT2D eigenvalue weighted by Crippen LogP contribution is 2.37. The molecule has 1 heterocycles. The van der Waals surface area contributed by atoms with Crippen molar-refractivity contribution in [2.75, 3.05) is 6.54 Å². The first kappa shape index (κ1) is 12.0. The summed E-state index contributed by atoms with van der Waals surface area (Å²) < 4.78 is 0. The maximum Gasteiger partial charge on any atom is 0.246 e. The Morgan fingerprint density at radius 3 is 2.73 bits per heavy atom. The first-order valence-corrected chi connectivity index (χ1v) is 5.57. The molecule has 0 saturated carbocycles. The van der Waals surface area contributed by atoms with Crippen LogP contribution >= 0.6 is 0 Å². The largest absolute Gasteiger partial charge is 0.335 e. The minimum Gasteiger partial charge on any atom is -0.335 e. The number of piperidine rings is 1. The first-order valence-electron chi connectivity index (χ1n) is 5.57. The van der Waals surface area contributed by atoms with Crippen molar-refractivity contribution < 1.29 is 4.79 Å². The molecule has 1 saturated heterocycles. The highest BCUT2D eigenvalue weighted by atomic mass is 16.2. The molecular formula is C13H21NO. The lowest BCUT2D eigenvalue weighted by atomic mass is 9.75. The maximum atomic E-state index is 11.7. The lowest BCUT2D eigenvalue weighted by Gasteiger charge is -2.46. The van der Waals surface area contributed by atoms with E-state index in [2.05, 4.69) is 27.0 Å². The fourth-order valence-corrected chi connectivity index (χ4v) is 2.43. The van der Waals surface area contributed by atoms with Crippen LogP contribution in [0.2, 0.25) is 0 Å². The van der Waals surface area contributed by atoms with Crippen molar-refractivity contribution in [3.63, 3.8) is 0 Å². The molecule has 1 atom stereocenters. The zero-order valence-corrected chi connectivity index (χ0v) is 9.83. The zero-order valence-electron chi connectivity index (χ0n) is 9.83. The molecule has 1 unspecified atom stereocenters. The lowest BCUT2D eigenvalue weighted by Crippen LogP contribution is -2.51. The molecule has 0 radical (unpaired) electrons. The van der Waals surface area contributed by atoms with Crippen LogP contribution in [0.1, 0.15) is 33.1 Å². The van der Waals surface area contributed by atoms with Crippen molar-refractivity contribution >= 4 is 5.91 Å². The number of amides is 1. The highest BCUT2D eigenvalue weighted by molar-refractivity contribution is 5.87. The van der Waals surface area contributed by atoms with Crippen molar-refractivity contribution in [3.8, 4) is 0 Å². The van der Waals surface area contributed by atoms with Crippen LogP contribution in [-0.4, -0.2) is 23.4 Å². The molecule has 2 heteroatoms. The smallest absolute Gasteiger partial charge is 0.246 e. The van der Waals surface area contributed by atoms with Gasteiger partial charge in [-0.25, -0.2) is 0 Å². The summed E-state index contributed by atoms with van der Waals surface area (Å²) in [5, 5.41) is 0. The Kier molecular flexibility index (Phi) is 3.72. The van der Waals surface area contributed by atoms with Gasteiger partial charge in [-0.15, -0.1) is 6.58 Å². The third kappa shape index (κ3) is 2.49. The van der Waals surface area contributed by atoms with Crippen LogP contribution in [0.5, 0.6) is 0 Å². The average molecular weight is 207 g/mol. The molecule has 1 aliphatic heterocycles. The van der Waals surface area contributed by atoms with Crippen LogP contribution < -0.4 is 0 Å². The molecule has 1 aliphatic rings. The van der Waals surface area contributed by atoms with Crippen LogP contribution in [0.3, 0.4) is 0 Å². The van der Waals surface area contributed by atoms with Crippen LogP contribution in [0.25, 0.3) is 0 Å². The van der Waals surface area contributed by atoms with E-state index >= 15 is 0 Å². The third-order valence-electron chi connectivity index (χ3n) is 3.35. The van der Waals surface area contributed by atoms with E-state index in [1.807, 2.05) is 11.0 Å². The maximum absolute atomic E-state index is 11.7. The Morgan fingerprint density at radius 2 is 2.20 bits per heavy atom. The van der Waals surface area contributed by atoms with Crippen LogP contribution in [0.4, 0.5) is 0 Å². The third-order valence-corrected chi connectivity index (χ3v) is 3.35. The first-order chi connectivity index (χ1) is 7.03. The van der Waals surface area contributed by atoms with Gasteiger partial charge in [0.05, 0.1) is 0 Å². The van der Waals surface area contributed by atoms with Gasteiger partial charge >= 0.3 is 0 Å². The standard InChI is InChI=1S/C13H21NO/c1-5-8-11-13(3,4)9-7-10-14(11)12(15)6-2/h5-6,11H,1-2,7-10H2,3-4H3. The summed E-state index contributed by atoms with van der Waals surface area (Å²) in [7, 11) is 0. The second kappa shape index (κ2) is 4.65. The molecule has 84 valence electrons. The Labute approximate surface area is 92.7 Å². The Balaban J connectivity index is 2.88. The minimum atomic E-state index is 0.0506. The summed E-state index contributed by atoms with van der Waals surface area (Å²) in [5.74, 6) is 0.0506. The number of carbonyl (C=O) groups excluding carboxylic acids is 1. The molecule has 1 fully saturated rings. The second-order valence-electron chi connectivity index (χ2n) is 4.87. The normalized spacial score (nSPS) is 24.7. The molecule has 0 aromatic carbocycles. The Morgan fingerprint density at radius 1 is 1.53 bits per heavy atom. The van der Waals surface area contributed by atoms with Crippen molar-refractivity contribution in [2.24, 2.45) is 5.41 Å². The van der Waals surface area contributed by atoms with E-state index < -0.39 is 0 Å². The summed E-state index contributed by atoms with van der Waals surface area (Å²) >= 11 is 0. The topological polar surface area (TPSA) is 20.3 Å². The van der Waals surface area contributed by atoms with Gasteiger partial charge in [-0.2, -0.15) is 0 Å². The molecule has 0 aromatic rings. The molecule has 0 spiro atoms. The number of hydrogen-bond donors (Lipinski definition) is 0. The van der Waals surface area contributed by atoms with E-state index in [9.17, 15) is 4.79 Å². The monoisotopic (exact) mass is 207 g/mol. The molecule has 0 N–H and O–H groups in total. The Hall–Kier alpha value is -1.05. The molecule has 1 amide bonds. The second-order valence-corrected chi connectivity index (χ2v) is 4.87. The Bertz CT molecular complexity index is 268. The van der Waals surface area contributed by atoms with Gasteiger partial charge in [0.1, 0.15) is 0 Å². The van der Waals surface area contributed by atoms with Crippen molar-refractivity contribution in [1.82, 2.24) is 4.90 Å². The molecule has 0 bridgehead atoms. The molecule has 15 heavy (non-hydrogen) atoms. The van der Waals surface area contributed by atoms with Gasteiger partial charge in [-0.05, 0) is 30.8 Å². The fraction of sp³-hybridized carbons (Fsp3) is 0.615. The van der Waals surface area contributed by atoms with Crippen LogP contribution in [0.15, 0.2) is 25.3 Å². The minimum absolute atomic E-state index is 0.0506.